The van der Waals surface area contributed by atoms with Crippen molar-refractivity contribution < 1.29 is 13.2 Å². The molecule has 3 aromatic carbocycles. The number of anilines is 1. The molecule has 0 saturated carbocycles. The summed E-state index contributed by atoms with van der Waals surface area (Å²) in [6.07, 6.45) is 0.974. The number of carbonyl (C=O) groups is 1. The number of thiazole rings is 1. The fourth-order valence-electron chi connectivity index (χ4n) is 4.12. The van der Waals surface area contributed by atoms with Crippen molar-refractivity contribution in [2.45, 2.75) is 17.7 Å². The summed E-state index contributed by atoms with van der Waals surface area (Å²) >= 11 is 1.39. The minimum Gasteiger partial charge on any atom is -0.302 e. The normalized spacial score (nSPS) is 15.5. The fourth-order valence-corrected chi connectivity index (χ4v) is 6.33. The van der Waals surface area contributed by atoms with Gasteiger partial charge in [0.1, 0.15) is 0 Å². The van der Waals surface area contributed by atoms with E-state index in [1.165, 1.54) is 21.0 Å². The topological polar surface area (TPSA) is 79.4 Å². The van der Waals surface area contributed by atoms with Crippen LogP contribution in [0.5, 0.6) is 0 Å². The smallest absolute Gasteiger partial charge is 0.243 e. The number of aromatic nitrogens is 1. The van der Waals surface area contributed by atoms with Gasteiger partial charge in [0.15, 0.2) is 5.13 Å². The Bertz CT molecular complexity index is 1390. The molecule has 0 unspecified atom stereocenters. The summed E-state index contributed by atoms with van der Waals surface area (Å²) in [5, 5.41) is 7.74. The maximum absolute atomic E-state index is 12.8. The van der Waals surface area contributed by atoms with E-state index in [2.05, 4.69) is 34.6 Å². The van der Waals surface area contributed by atoms with Crippen LogP contribution in [-0.2, 0) is 14.8 Å². The average Bonchev–Trinajstić information content (AvgIpc) is 3.33. The molecule has 8 heteroatoms. The van der Waals surface area contributed by atoms with Crippen LogP contribution in [0.3, 0.4) is 0 Å². The van der Waals surface area contributed by atoms with Gasteiger partial charge in [-0.2, -0.15) is 4.31 Å². The van der Waals surface area contributed by atoms with Crippen LogP contribution in [-0.4, -0.2) is 36.7 Å². The van der Waals surface area contributed by atoms with E-state index < -0.39 is 10.0 Å². The van der Waals surface area contributed by atoms with Crippen molar-refractivity contribution >= 4 is 43.2 Å². The minimum atomic E-state index is -3.52. The van der Waals surface area contributed by atoms with Crippen LogP contribution in [0.25, 0.3) is 22.0 Å². The zero-order valence-electron chi connectivity index (χ0n) is 17.8. The SMILES string of the molecule is O=C(Nc1nc(-c2ccc3ccccc3c2)cs1)C1CCN(S(=O)(=O)c2ccccc2)CC1. The lowest BCUT2D eigenvalue weighted by Crippen LogP contribution is -2.41. The maximum Gasteiger partial charge on any atom is 0.243 e. The van der Waals surface area contributed by atoms with Crippen LogP contribution in [0.15, 0.2) is 83.1 Å². The number of fused-ring (bicyclic) bond motifs is 1. The first-order chi connectivity index (χ1) is 16.0. The van der Waals surface area contributed by atoms with Crippen molar-refractivity contribution in [2.24, 2.45) is 5.92 Å². The summed E-state index contributed by atoms with van der Waals surface area (Å²) in [5.74, 6) is -0.341. The predicted octanol–water partition coefficient (Wildman–Crippen LogP) is 5.00. The highest BCUT2D eigenvalue weighted by molar-refractivity contribution is 7.89. The highest BCUT2D eigenvalue weighted by Crippen LogP contribution is 2.29. The second-order valence-electron chi connectivity index (χ2n) is 8.08. The third kappa shape index (κ3) is 4.55. The summed E-state index contributed by atoms with van der Waals surface area (Å²) in [5.41, 5.74) is 1.83. The lowest BCUT2D eigenvalue weighted by molar-refractivity contribution is -0.120. The van der Waals surface area contributed by atoms with Gasteiger partial charge >= 0.3 is 0 Å². The summed E-state index contributed by atoms with van der Waals surface area (Å²) < 4.78 is 27.0. The number of nitrogens with zero attached hydrogens (tertiary/aromatic N) is 2. The van der Waals surface area contributed by atoms with Crippen molar-refractivity contribution in [2.75, 3.05) is 18.4 Å². The molecule has 0 spiro atoms. The van der Waals surface area contributed by atoms with E-state index in [9.17, 15) is 13.2 Å². The third-order valence-corrected chi connectivity index (χ3v) is 8.66. The van der Waals surface area contributed by atoms with Crippen LogP contribution >= 0.6 is 11.3 Å². The maximum atomic E-state index is 12.8. The van der Waals surface area contributed by atoms with E-state index >= 15 is 0 Å². The molecule has 2 heterocycles. The van der Waals surface area contributed by atoms with E-state index in [1.54, 1.807) is 30.3 Å². The van der Waals surface area contributed by atoms with Crippen molar-refractivity contribution in [3.63, 3.8) is 0 Å². The standard InChI is InChI=1S/C25H23N3O3S2/c29-24(19-12-14-28(15-13-19)33(30,31)22-8-2-1-3-9-22)27-25-26-23(17-32-25)21-11-10-18-6-4-5-7-20(18)16-21/h1-11,16-17,19H,12-15H2,(H,26,27,29). The summed E-state index contributed by atoms with van der Waals surface area (Å²) in [6, 6.07) is 22.8. The summed E-state index contributed by atoms with van der Waals surface area (Å²) in [7, 11) is -3.52. The van der Waals surface area contributed by atoms with Gasteiger partial charge in [-0.15, -0.1) is 11.3 Å². The molecule has 5 rings (SSSR count). The molecule has 1 fully saturated rings. The molecule has 1 saturated heterocycles. The number of carbonyl (C=O) groups excluding carboxylic acids is 1. The summed E-state index contributed by atoms with van der Waals surface area (Å²) in [4.78, 5) is 17.7. The predicted molar refractivity (Wildman–Crippen MR) is 132 cm³/mol. The molecule has 1 aliphatic heterocycles. The second-order valence-corrected chi connectivity index (χ2v) is 10.9. The Morgan fingerprint density at radius 3 is 2.39 bits per heavy atom. The van der Waals surface area contributed by atoms with E-state index in [0.29, 0.717) is 31.1 Å². The molecule has 1 aliphatic rings. The lowest BCUT2D eigenvalue weighted by Gasteiger charge is -2.30. The molecule has 6 nitrogen and oxygen atoms in total. The van der Waals surface area contributed by atoms with Gasteiger partial charge in [-0.25, -0.2) is 13.4 Å². The number of hydrogen-bond donors (Lipinski definition) is 1. The molecule has 1 aromatic heterocycles. The third-order valence-electron chi connectivity index (χ3n) is 5.99. The number of benzene rings is 3. The quantitative estimate of drug-likeness (QED) is 0.439. The molecule has 4 aromatic rings. The van der Waals surface area contributed by atoms with Gasteiger partial charge in [0.25, 0.3) is 0 Å². The van der Waals surface area contributed by atoms with Gasteiger partial charge < -0.3 is 5.32 Å². The van der Waals surface area contributed by atoms with Crippen LogP contribution in [0.1, 0.15) is 12.8 Å². The highest BCUT2D eigenvalue weighted by atomic mass is 32.2. The Kier molecular flexibility index (Phi) is 5.97. The van der Waals surface area contributed by atoms with Crippen molar-refractivity contribution in [3.05, 3.63) is 78.2 Å². The van der Waals surface area contributed by atoms with Crippen LogP contribution in [0, 0.1) is 5.92 Å². The van der Waals surface area contributed by atoms with Crippen molar-refractivity contribution in [1.82, 2.24) is 9.29 Å². The largest absolute Gasteiger partial charge is 0.302 e. The molecule has 0 radical (unpaired) electrons. The molecule has 33 heavy (non-hydrogen) atoms. The molecule has 1 N–H and O–H groups in total. The van der Waals surface area contributed by atoms with Gasteiger partial charge in [-0.1, -0.05) is 54.6 Å². The van der Waals surface area contributed by atoms with E-state index in [1.807, 2.05) is 23.6 Å². The number of nitrogens with one attached hydrogen (secondary N) is 1. The van der Waals surface area contributed by atoms with E-state index in [4.69, 9.17) is 0 Å². The molecule has 0 aliphatic carbocycles. The van der Waals surface area contributed by atoms with Gasteiger partial charge in [0.05, 0.1) is 10.6 Å². The lowest BCUT2D eigenvalue weighted by atomic mass is 9.97. The molecular weight excluding hydrogens is 454 g/mol. The zero-order valence-corrected chi connectivity index (χ0v) is 19.5. The zero-order chi connectivity index (χ0) is 22.8. The number of amides is 1. The Morgan fingerprint density at radius 1 is 0.939 bits per heavy atom. The van der Waals surface area contributed by atoms with E-state index in [-0.39, 0.29) is 16.7 Å². The first-order valence-electron chi connectivity index (χ1n) is 10.8. The molecule has 168 valence electrons. The highest BCUT2D eigenvalue weighted by Gasteiger charge is 2.32. The monoisotopic (exact) mass is 477 g/mol. The summed E-state index contributed by atoms with van der Waals surface area (Å²) in [6.45, 7) is 0.658. The second kappa shape index (κ2) is 9.05. The first kappa shape index (κ1) is 21.8. The molecule has 1 amide bonds. The molecule has 0 atom stereocenters. The molecular formula is C25H23N3O3S2. The number of rotatable bonds is 5. The Morgan fingerprint density at radius 2 is 1.64 bits per heavy atom. The van der Waals surface area contributed by atoms with Gasteiger partial charge in [-0.05, 0) is 41.8 Å². The first-order valence-corrected chi connectivity index (χ1v) is 13.1. The molecule has 0 bridgehead atoms. The number of piperidine rings is 1. The number of hydrogen-bond acceptors (Lipinski definition) is 5. The minimum absolute atomic E-state index is 0.105. The van der Waals surface area contributed by atoms with Crippen LogP contribution < -0.4 is 5.32 Å². The Balaban J connectivity index is 1.22. The average molecular weight is 478 g/mol. The van der Waals surface area contributed by atoms with Gasteiger partial charge in [0, 0.05) is 30.0 Å². The number of sulfonamides is 1. The van der Waals surface area contributed by atoms with E-state index in [0.717, 1.165) is 16.6 Å². The Labute approximate surface area is 197 Å². The Hall–Kier alpha value is -3.07. The fraction of sp³-hybridized carbons (Fsp3) is 0.200. The van der Waals surface area contributed by atoms with Crippen molar-refractivity contribution in [1.29, 1.82) is 0 Å². The van der Waals surface area contributed by atoms with Crippen LogP contribution in [0.4, 0.5) is 5.13 Å². The van der Waals surface area contributed by atoms with Gasteiger partial charge in [0.2, 0.25) is 15.9 Å². The van der Waals surface area contributed by atoms with Gasteiger partial charge in [-0.3, -0.25) is 4.79 Å². The van der Waals surface area contributed by atoms with Crippen molar-refractivity contribution in [3.8, 4) is 11.3 Å². The van der Waals surface area contributed by atoms with Crippen LogP contribution in [0.2, 0.25) is 0 Å².